The van der Waals surface area contributed by atoms with Crippen molar-refractivity contribution in [3.63, 3.8) is 0 Å². The van der Waals surface area contributed by atoms with Crippen molar-refractivity contribution in [3.05, 3.63) is 35.3 Å². The van der Waals surface area contributed by atoms with Crippen molar-refractivity contribution in [2.45, 2.75) is 45.3 Å². The van der Waals surface area contributed by atoms with Crippen LogP contribution in [0.1, 0.15) is 47.4 Å². The maximum Gasteiger partial charge on any atom is 0.274 e. The number of carbonyl (C=O) groups is 1. The van der Waals surface area contributed by atoms with Crippen LogP contribution in [-0.4, -0.2) is 74.7 Å². The number of rotatable bonds is 6. The highest BCUT2D eigenvalue weighted by atomic mass is 16.3. The fraction of sp³-hybridized carbons (Fsp3) is 0.600. The minimum absolute atomic E-state index is 0.00985. The number of nitrogens with zero attached hydrogens (tertiary/aromatic N) is 4. The predicted octanol–water partition coefficient (Wildman–Crippen LogP) is 1.44. The Balaban J connectivity index is 1.93. The van der Waals surface area contributed by atoms with E-state index in [0.717, 1.165) is 42.8 Å². The number of likely N-dealkylation sites (N-methyl/N-ethyl adjacent to an activating group) is 1. The molecule has 7 heteroatoms. The summed E-state index contributed by atoms with van der Waals surface area (Å²) in [5.41, 5.74) is 3.18. The molecule has 1 amide bonds. The van der Waals surface area contributed by atoms with Gasteiger partial charge in [0.15, 0.2) is 5.69 Å². The molecule has 3 rings (SSSR count). The second kappa shape index (κ2) is 8.82. The van der Waals surface area contributed by atoms with E-state index in [1.165, 1.54) is 12.8 Å². The van der Waals surface area contributed by atoms with E-state index in [2.05, 4.69) is 4.98 Å². The summed E-state index contributed by atoms with van der Waals surface area (Å²) in [6.45, 7) is 4.09. The van der Waals surface area contributed by atoms with Gasteiger partial charge in [-0.3, -0.25) is 9.69 Å². The molecule has 2 aromatic heterocycles. The number of aryl methyl sites for hydroxylation is 1. The largest absolute Gasteiger partial charge is 0.394 e. The first kappa shape index (κ1) is 19.8. The zero-order valence-electron chi connectivity index (χ0n) is 16.3. The number of imidazole rings is 1. The number of hydrogen-bond donors (Lipinski definition) is 2. The summed E-state index contributed by atoms with van der Waals surface area (Å²) in [7, 11) is 1.87. The molecule has 0 spiro atoms. The van der Waals surface area contributed by atoms with E-state index < -0.39 is 6.10 Å². The van der Waals surface area contributed by atoms with Gasteiger partial charge < -0.3 is 19.5 Å². The highest BCUT2D eigenvalue weighted by Crippen LogP contribution is 2.20. The summed E-state index contributed by atoms with van der Waals surface area (Å²) >= 11 is 0. The second-order valence-corrected chi connectivity index (χ2v) is 7.58. The van der Waals surface area contributed by atoms with Crippen LogP contribution in [0.25, 0.3) is 5.65 Å². The molecule has 1 aliphatic rings. The van der Waals surface area contributed by atoms with E-state index >= 15 is 0 Å². The molecule has 0 saturated carbocycles. The number of aliphatic hydroxyl groups is 2. The average molecular weight is 374 g/mol. The summed E-state index contributed by atoms with van der Waals surface area (Å²) in [5, 5.41) is 18.8. The van der Waals surface area contributed by atoms with Gasteiger partial charge in [-0.15, -0.1) is 0 Å². The van der Waals surface area contributed by atoms with Crippen LogP contribution in [0, 0.1) is 6.92 Å². The topological polar surface area (TPSA) is 81.3 Å². The smallest absolute Gasteiger partial charge is 0.274 e. The molecule has 0 aliphatic carbocycles. The quantitative estimate of drug-likeness (QED) is 0.800. The van der Waals surface area contributed by atoms with Crippen LogP contribution < -0.4 is 0 Å². The third-order valence-corrected chi connectivity index (χ3v) is 5.13. The number of fused-ring (bicyclic) bond motifs is 1. The van der Waals surface area contributed by atoms with Crippen LogP contribution in [0.4, 0.5) is 0 Å². The van der Waals surface area contributed by atoms with Crippen molar-refractivity contribution in [3.8, 4) is 0 Å². The first-order valence-corrected chi connectivity index (χ1v) is 9.74. The van der Waals surface area contributed by atoms with Crippen molar-refractivity contribution in [2.24, 2.45) is 0 Å². The minimum atomic E-state index is -0.804. The van der Waals surface area contributed by atoms with E-state index in [1.807, 2.05) is 46.5 Å². The van der Waals surface area contributed by atoms with E-state index in [9.17, 15) is 9.90 Å². The van der Waals surface area contributed by atoms with E-state index in [0.29, 0.717) is 18.8 Å². The van der Waals surface area contributed by atoms with Gasteiger partial charge in [0.1, 0.15) is 5.65 Å². The summed E-state index contributed by atoms with van der Waals surface area (Å²) in [5.74, 6) is -0.00985. The minimum Gasteiger partial charge on any atom is -0.394 e. The Morgan fingerprint density at radius 1 is 1.30 bits per heavy atom. The summed E-state index contributed by atoms with van der Waals surface area (Å²) in [4.78, 5) is 21.7. The zero-order chi connectivity index (χ0) is 19.4. The van der Waals surface area contributed by atoms with Crippen LogP contribution in [0.15, 0.2) is 18.3 Å². The van der Waals surface area contributed by atoms with Gasteiger partial charge in [0.2, 0.25) is 0 Å². The highest BCUT2D eigenvalue weighted by molar-refractivity contribution is 5.94. The monoisotopic (exact) mass is 374 g/mol. The number of carbonyl (C=O) groups excluding carboxylic acids is 1. The molecule has 1 atom stereocenters. The molecular weight excluding hydrogens is 344 g/mol. The van der Waals surface area contributed by atoms with Gasteiger partial charge >= 0.3 is 0 Å². The first-order valence-electron chi connectivity index (χ1n) is 9.74. The number of aromatic nitrogens is 2. The number of aliphatic hydroxyl groups excluding tert-OH is 2. The van der Waals surface area contributed by atoms with Crippen molar-refractivity contribution in [1.82, 2.24) is 19.2 Å². The maximum absolute atomic E-state index is 13.2. The number of amides is 1. The van der Waals surface area contributed by atoms with E-state index in [1.54, 1.807) is 0 Å². The molecule has 1 aliphatic heterocycles. The van der Waals surface area contributed by atoms with Gasteiger partial charge in [0.25, 0.3) is 5.91 Å². The maximum atomic E-state index is 13.2. The van der Waals surface area contributed by atoms with Crippen molar-refractivity contribution >= 4 is 11.6 Å². The number of hydrogen-bond acceptors (Lipinski definition) is 5. The van der Waals surface area contributed by atoms with Crippen molar-refractivity contribution in [2.75, 3.05) is 33.3 Å². The van der Waals surface area contributed by atoms with E-state index in [4.69, 9.17) is 5.11 Å². The van der Waals surface area contributed by atoms with Gasteiger partial charge in [0, 0.05) is 32.4 Å². The van der Waals surface area contributed by atoms with Crippen molar-refractivity contribution < 1.29 is 15.0 Å². The summed E-state index contributed by atoms with van der Waals surface area (Å²) in [6, 6.07) is 3.98. The molecule has 7 nitrogen and oxygen atoms in total. The van der Waals surface area contributed by atoms with Gasteiger partial charge in [-0.25, -0.2) is 4.98 Å². The first-order chi connectivity index (χ1) is 13.0. The normalized spacial score (nSPS) is 16.7. The Morgan fingerprint density at radius 3 is 2.67 bits per heavy atom. The number of pyridine rings is 1. The fourth-order valence-electron chi connectivity index (χ4n) is 3.68. The Hall–Kier alpha value is -1.96. The Morgan fingerprint density at radius 2 is 2.00 bits per heavy atom. The van der Waals surface area contributed by atoms with Crippen LogP contribution in [0.2, 0.25) is 0 Å². The highest BCUT2D eigenvalue weighted by Gasteiger charge is 2.25. The summed E-state index contributed by atoms with van der Waals surface area (Å²) < 4.78 is 1.96. The predicted molar refractivity (Wildman–Crippen MR) is 104 cm³/mol. The Bertz CT molecular complexity index is 781. The lowest BCUT2D eigenvalue weighted by Gasteiger charge is -2.22. The van der Waals surface area contributed by atoms with Crippen LogP contribution in [0.5, 0.6) is 0 Å². The average Bonchev–Trinajstić information content (AvgIpc) is 2.83. The molecule has 0 aromatic carbocycles. The molecule has 148 valence electrons. The van der Waals surface area contributed by atoms with Crippen LogP contribution in [-0.2, 0) is 6.54 Å². The Kier molecular flexibility index (Phi) is 6.46. The molecule has 3 heterocycles. The fourth-order valence-corrected chi connectivity index (χ4v) is 3.68. The van der Waals surface area contributed by atoms with Gasteiger partial charge in [-0.05, 0) is 44.5 Å². The third kappa shape index (κ3) is 4.66. The Labute approximate surface area is 160 Å². The molecule has 0 bridgehead atoms. The molecule has 1 saturated heterocycles. The van der Waals surface area contributed by atoms with Crippen LogP contribution in [0.3, 0.4) is 0 Å². The van der Waals surface area contributed by atoms with E-state index in [-0.39, 0.29) is 12.5 Å². The van der Waals surface area contributed by atoms with Gasteiger partial charge in [0.05, 0.1) is 18.4 Å². The van der Waals surface area contributed by atoms with Crippen LogP contribution >= 0.6 is 0 Å². The molecule has 0 radical (unpaired) electrons. The van der Waals surface area contributed by atoms with Gasteiger partial charge in [-0.2, -0.15) is 0 Å². The summed E-state index contributed by atoms with van der Waals surface area (Å²) in [6.07, 6.45) is 5.56. The zero-order valence-corrected chi connectivity index (χ0v) is 16.3. The lowest BCUT2D eigenvalue weighted by atomic mass is 10.2. The molecule has 2 N–H and O–H groups in total. The molecule has 2 aromatic rings. The van der Waals surface area contributed by atoms with Crippen molar-refractivity contribution in [1.29, 1.82) is 0 Å². The SMILES string of the molecule is Cc1ccn2c(CN(C)CC(O)CO)c(C(=O)N3CCCCCC3)nc2c1. The lowest BCUT2D eigenvalue weighted by Crippen LogP contribution is -2.34. The van der Waals surface area contributed by atoms with Gasteiger partial charge in [-0.1, -0.05) is 12.8 Å². The molecular formula is C20H30N4O3. The number of likely N-dealkylation sites (tertiary alicyclic amines) is 1. The standard InChI is InChI=1S/C20H30N4O3/c1-15-7-10-24-17(13-22(2)12-16(26)14-25)19(21-18(24)11-15)20(27)23-8-5-3-4-6-9-23/h7,10-11,16,25-26H,3-6,8-9,12-14H2,1-2H3. The lowest BCUT2D eigenvalue weighted by molar-refractivity contribution is 0.0640. The molecule has 27 heavy (non-hydrogen) atoms. The third-order valence-electron chi connectivity index (χ3n) is 5.13. The second-order valence-electron chi connectivity index (χ2n) is 7.58. The molecule has 1 fully saturated rings. The molecule has 1 unspecified atom stereocenters.